The maximum Gasteiger partial charge on any atom is 0.240 e. The Kier molecular flexibility index (Phi) is 3.56. The second-order valence-corrected chi connectivity index (χ2v) is 4.57. The van der Waals surface area contributed by atoms with Gasteiger partial charge in [0, 0.05) is 19.0 Å². The zero-order chi connectivity index (χ0) is 11.5. The van der Waals surface area contributed by atoms with Gasteiger partial charge in [-0.3, -0.25) is 4.90 Å². The van der Waals surface area contributed by atoms with Gasteiger partial charge in [0.15, 0.2) is 5.82 Å². The standard InChI is InChI=1S/C11H20N4O/c1-3-10-13-11(16-14-10)7-15-6-9(5-12)4-8(15)2/h8-9H,3-7,12H2,1-2H3. The van der Waals surface area contributed by atoms with Crippen LogP contribution in [0.15, 0.2) is 4.52 Å². The highest BCUT2D eigenvalue weighted by molar-refractivity contribution is 4.89. The molecule has 90 valence electrons. The summed E-state index contributed by atoms with van der Waals surface area (Å²) in [6.45, 7) is 6.82. The second-order valence-electron chi connectivity index (χ2n) is 4.57. The molecule has 2 unspecified atom stereocenters. The number of rotatable bonds is 4. The summed E-state index contributed by atoms with van der Waals surface area (Å²) in [7, 11) is 0. The number of aryl methyl sites for hydroxylation is 1. The first-order chi connectivity index (χ1) is 7.72. The second kappa shape index (κ2) is 4.93. The fraction of sp³-hybridized carbons (Fsp3) is 0.818. The number of hydrogen-bond acceptors (Lipinski definition) is 5. The summed E-state index contributed by atoms with van der Waals surface area (Å²) in [5.74, 6) is 2.13. The first-order valence-electron chi connectivity index (χ1n) is 5.98. The number of aromatic nitrogens is 2. The molecular weight excluding hydrogens is 204 g/mol. The summed E-state index contributed by atoms with van der Waals surface area (Å²) in [5, 5.41) is 3.90. The molecule has 0 aromatic carbocycles. The zero-order valence-corrected chi connectivity index (χ0v) is 10.0. The molecule has 0 bridgehead atoms. The van der Waals surface area contributed by atoms with E-state index < -0.39 is 0 Å². The Morgan fingerprint density at radius 2 is 2.38 bits per heavy atom. The average Bonchev–Trinajstić information content (AvgIpc) is 2.87. The van der Waals surface area contributed by atoms with Crippen molar-refractivity contribution in [1.82, 2.24) is 15.0 Å². The fourth-order valence-corrected chi connectivity index (χ4v) is 2.28. The summed E-state index contributed by atoms with van der Waals surface area (Å²) < 4.78 is 5.20. The molecule has 16 heavy (non-hydrogen) atoms. The van der Waals surface area contributed by atoms with Crippen LogP contribution in [0, 0.1) is 5.92 Å². The molecule has 1 aromatic heterocycles. The van der Waals surface area contributed by atoms with Gasteiger partial charge in [-0.25, -0.2) is 0 Å². The molecule has 1 aliphatic heterocycles. The van der Waals surface area contributed by atoms with Crippen LogP contribution >= 0.6 is 0 Å². The number of likely N-dealkylation sites (tertiary alicyclic amines) is 1. The van der Waals surface area contributed by atoms with Gasteiger partial charge in [-0.15, -0.1) is 0 Å². The third kappa shape index (κ3) is 2.41. The van der Waals surface area contributed by atoms with Crippen molar-refractivity contribution in [3.8, 4) is 0 Å². The van der Waals surface area contributed by atoms with Crippen molar-refractivity contribution in [2.24, 2.45) is 11.7 Å². The van der Waals surface area contributed by atoms with Gasteiger partial charge in [0.1, 0.15) is 0 Å². The molecular formula is C11H20N4O. The molecule has 0 amide bonds. The van der Waals surface area contributed by atoms with Gasteiger partial charge in [-0.2, -0.15) is 4.98 Å². The van der Waals surface area contributed by atoms with Crippen LogP contribution in [0.3, 0.4) is 0 Å². The Bertz CT molecular complexity index is 338. The van der Waals surface area contributed by atoms with Gasteiger partial charge in [-0.05, 0) is 25.8 Å². The molecule has 2 heterocycles. The minimum Gasteiger partial charge on any atom is -0.338 e. The molecule has 0 spiro atoms. The lowest BCUT2D eigenvalue weighted by molar-refractivity contribution is 0.218. The summed E-state index contributed by atoms with van der Waals surface area (Å²) >= 11 is 0. The van der Waals surface area contributed by atoms with Gasteiger partial charge in [0.2, 0.25) is 5.89 Å². The molecule has 0 saturated carbocycles. The minimum atomic E-state index is 0.561. The minimum absolute atomic E-state index is 0.561. The lowest BCUT2D eigenvalue weighted by atomic mass is 10.1. The molecule has 1 fully saturated rings. The average molecular weight is 224 g/mol. The third-order valence-corrected chi connectivity index (χ3v) is 3.29. The van der Waals surface area contributed by atoms with Crippen molar-refractivity contribution >= 4 is 0 Å². The number of hydrogen-bond donors (Lipinski definition) is 1. The van der Waals surface area contributed by atoms with Gasteiger partial charge in [-0.1, -0.05) is 12.1 Å². The van der Waals surface area contributed by atoms with E-state index in [4.69, 9.17) is 10.3 Å². The molecule has 1 aromatic rings. The van der Waals surface area contributed by atoms with Crippen LogP contribution in [0.4, 0.5) is 0 Å². The molecule has 2 N–H and O–H groups in total. The smallest absolute Gasteiger partial charge is 0.240 e. The highest BCUT2D eigenvalue weighted by Crippen LogP contribution is 2.23. The highest BCUT2D eigenvalue weighted by atomic mass is 16.5. The van der Waals surface area contributed by atoms with Crippen LogP contribution in [0.2, 0.25) is 0 Å². The lowest BCUT2D eigenvalue weighted by Crippen LogP contribution is -2.27. The molecule has 2 rings (SSSR count). The van der Waals surface area contributed by atoms with Crippen molar-refractivity contribution in [3.05, 3.63) is 11.7 Å². The Labute approximate surface area is 96.0 Å². The number of nitrogens with zero attached hydrogens (tertiary/aromatic N) is 3. The van der Waals surface area contributed by atoms with E-state index in [9.17, 15) is 0 Å². The Hall–Kier alpha value is -0.940. The first-order valence-corrected chi connectivity index (χ1v) is 5.98. The Morgan fingerprint density at radius 3 is 2.94 bits per heavy atom. The summed E-state index contributed by atoms with van der Waals surface area (Å²) in [5.41, 5.74) is 5.70. The van der Waals surface area contributed by atoms with Crippen LogP contribution in [0.25, 0.3) is 0 Å². The highest BCUT2D eigenvalue weighted by Gasteiger charge is 2.29. The SMILES string of the molecule is CCc1noc(CN2CC(CN)CC2C)n1. The first kappa shape index (κ1) is 11.5. The topological polar surface area (TPSA) is 68.2 Å². The van der Waals surface area contributed by atoms with Crippen LogP contribution in [-0.4, -0.2) is 34.2 Å². The van der Waals surface area contributed by atoms with E-state index in [0.717, 1.165) is 37.8 Å². The van der Waals surface area contributed by atoms with Crippen molar-refractivity contribution in [2.45, 2.75) is 39.3 Å². The van der Waals surface area contributed by atoms with E-state index in [-0.39, 0.29) is 0 Å². The predicted octanol–water partition coefficient (Wildman–Crippen LogP) is 0.801. The van der Waals surface area contributed by atoms with E-state index in [1.165, 1.54) is 6.42 Å². The third-order valence-electron chi connectivity index (χ3n) is 3.29. The van der Waals surface area contributed by atoms with E-state index in [0.29, 0.717) is 12.0 Å². The van der Waals surface area contributed by atoms with Gasteiger partial charge < -0.3 is 10.3 Å². The molecule has 1 saturated heterocycles. The normalized spacial score (nSPS) is 26.4. The Balaban J connectivity index is 1.94. The molecule has 0 radical (unpaired) electrons. The van der Waals surface area contributed by atoms with Crippen LogP contribution < -0.4 is 5.73 Å². The molecule has 5 nitrogen and oxygen atoms in total. The zero-order valence-electron chi connectivity index (χ0n) is 10.0. The molecule has 1 aliphatic rings. The quantitative estimate of drug-likeness (QED) is 0.819. The van der Waals surface area contributed by atoms with E-state index in [1.807, 2.05) is 6.92 Å². The van der Waals surface area contributed by atoms with Crippen molar-refractivity contribution in [1.29, 1.82) is 0 Å². The summed E-state index contributed by atoms with van der Waals surface area (Å²) in [6, 6.07) is 0.561. The van der Waals surface area contributed by atoms with Crippen LogP contribution in [0.5, 0.6) is 0 Å². The van der Waals surface area contributed by atoms with Crippen molar-refractivity contribution in [3.63, 3.8) is 0 Å². The number of nitrogens with two attached hydrogens (primary N) is 1. The lowest BCUT2D eigenvalue weighted by Gasteiger charge is -2.18. The van der Waals surface area contributed by atoms with Crippen LogP contribution in [0.1, 0.15) is 32.0 Å². The molecule has 5 heteroatoms. The Morgan fingerprint density at radius 1 is 1.56 bits per heavy atom. The molecule has 0 aliphatic carbocycles. The van der Waals surface area contributed by atoms with Gasteiger partial charge in [0.25, 0.3) is 0 Å². The van der Waals surface area contributed by atoms with Gasteiger partial charge in [0.05, 0.1) is 6.54 Å². The maximum atomic E-state index is 5.70. The largest absolute Gasteiger partial charge is 0.338 e. The summed E-state index contributed by atoms with van der Waals surface area (Å²) in [6.07, 6.45) is 2.00. The van der Waals surface area contributed by atoms with Crippen molar-refractivity contribution < 1.29 is 4.52 Å². The van der Waals surface area contributed by atoms with Crippen molar-refractivity contribution in [2.75, 3.05) is 13.1 Å². The maximum absolute atomic E-state index is 5.70. The monoisotopic (exact) mass is 224 g/mol. The summed E-state index contributed by atoms with van der Waals surface area (Å²) in [4.78, 5) is 6.69. The van der Waals surface area contributed by atoms with E-state index >= 15 is 0 Å². The van der Waals surface area contributed by atoms with Gasteiger partial charge >= 0.3 is 0 Å². The van der Waals surface area contributed by atoms with Crippen LogP contribution in [-0.2, 0) is 13.0 Å². The van der Waals surface area contributed by atoms with E-state index in [2.05, 4.69) is 22.0 Å². The fourth-order valence-electron chi connectivity index (χ4n) is 2.28. The predicted molar refractivity (Wildman–Crippen MR) is 60.7 cm³/mol. The molecule has 2 atom stereocenters. The van der Waals surface area contributed by atoms with E-state index in [1.54, 1.807) is 0 Å².